The van der Waals surface area contributed by atoms with Crippen molar-refractivity contribution in [3.8, 4) is 0 Å². The van der Waals surface area contributed by atoms with Gasteiger partial charge in [-0.25, -0.2) is 0 Å². The Bertz CT molecular complexity index is 449. The Kier molecular flexibility index (Phi) is 3.12. The highest BCUT2D eigenvalue weighted by molar-refractivity contribution is 6.04. The van der Waals surface area contributed by atoms with Crippen LogP contribution in [0.1, 0.15) is 38.5 Å². The molecule has 5 heteroatoms. The molecule has 0 bridgehead atoms. The Morgan fingerprint density at radius 1 is 0.842 bits per heavy atom. The lowest BCUT2D eigenvalue weighted by Gasteiger charge is -2.29. The van der Waals surface area contributed by atoms with Crippen molar-refractivity contribution >= 4 is 17.7 Å². The number of carbonyl (C=O) groups is 3. The van der Waals surface area contributed by atoms with Gasteiger partial charge in [0.1, 0.15) is 6.54 Å². The summed E-state index contributed by atoms with van der Waals surface area (Å²) in [6.07, 6.45) is 4.90. The molecular weight excluding hydrogens is 244 g/mol. The van der Waals surface area contributed by atoms with Crippen molar-refractivity contribution in [3.63, 3.8) is 0 Å². The highest BCUT2D eigenvalue weighted by atomic mass is 16.2. The van der Waals surface area contributed by atoms with Crippen molar-refractivity contribution < 1.29 is 14.4 Å². The van der Waals surface area contributed by atoms with Gasteiger partial charge in [-0.3, -0.25) is 19.3 Å². The second-order valence-corrected chi connectivity index (χ2v) is 5.46. The van der Waals surface area contributed by atoms with Crippen LogP contribution in [0.2, 0.25) is 0 Å². The molecule has 102 valence electrons. The molecule has 19 heavy (non-hydrogen) atoms. The van der Waals surface area contributed by atoms with Gasteiger partial charge in [0.2, 0.25) is 17.7 Å². The Morgan fingerprint density at radius 2 is 1.37 bits per heavy atom. The minimum Gasteiger partial charge on any atom is -0.341 e. The van der Waals surface area contributed by atoms with Crippen molar-refractivity contribution in [3.05, 3.63) is 11.1 Å². The predicted octanol–water partition coefficient (Wildman–Crippen LogP) is 0.848. The molecule has 0 unspecified atom stereocenters. The van der Waals surface area contributed by atoms with Crippen molar-refractivity contribution in [1.29, 1.82) is 0 Å². The molecule has 5 nitrogen and oxygen atoms in total. The normalized spacial score (nSPS) is 23.4. The highest BCUT2D eigenvalue weighted by Crippen LogP contribution is 2.36. The topological polar surface area (TPSA) is 57.7 Å². The molecule has 3 fully saturated rings. The number of carbonyl (C=O) groups excluding carboxylic acids is 3. The lowest BCUT2D eigenvalue weighted by molar-refractivity contribution is -0.145. The van der Waals surface area contributed by atoms with Crippen LogP contribution in [0.15, 0.2) is 11.1 Å². The molecule has 0 aromatic carbocycles. The molecule has 3 aliphatic rings. The average molecular weight is 262 g/mol. The first-order valence-corrected chi connectivity index (χ1v) is 6.96. The fourth-order valence-electron chi connectivity index (χ4n) is 2.83. The Labute approximate surface area is 112 Å². The van der Waals surface area contributed by atoms with Gasteiger partial charge in [0.25, 0.3) is 0 Å². The largest absolute Gasteiger partial charge is 0.341 e. The summed E-state index contributed by atoms with van der Waals surface area (Å²) in [6.45, 7) is 1.39. The summed E-state index contributed by atoms with van der Waals surface area (Å²) in [5.41, 5.74) is 3.11. The van der Waals surface area contributed by atoms with Crippen molar-refractivity contribution in [1.82, 2.24) is 9.80 Å². The van der Waals surface area contributed by atoms with Crippen molar-refractivity contribution in [2.75, 3.05) is 19.6 Å². The Balaban J connectivity index is 1.55. The molecule has 0 aromatic heterocycles. The van der Waals surface area contributed by atoms with Crippen LogP contribution in [0, 0.1) is 0 Å². The summed E-state index contributed by atoms with van der Waals surface area (Å²) >= 11 is 0. The highest BCUT2D eigenvalue weighted by Gasteiger charge is 2.32. The summed E-state index contributed by atoms with van der Waals surface area (Å²) in [4.78, 5) is 38.0. The van der Waals surface area contributed by atoms with Crippen LogP contribution >= 0.6 is 0 Å². The number of hydrogen-bond acceptors (Lipinski definition) is 3. The van der Waals surface area contributed by atoms with Crippen LogP contribution in [-0.2, 0) is 14.4 Å². The van der Waals surface area contributed by atoms with Gasteiger partial charge in [0.05, 0.1) is 0 Å². The first kappa shape index (κ1) is 12.4. The quantitative estimate of drug-likeness (QED) is 0.547. The molecule has 3 amide bonds. The van der Waals surface area contributed by atoms with Crippen molar-refractivity contribution in [2.45, 2.75) is 38.5 Å². The zero-order chi connectivity index (χ0) is 13.4. The number of allylic oxidation sites excluding steroid dienone is 1. The van der Waals surface area contributed by atoms with E-state index in [0.717, 1.165) is 30.8 Å². The van der Waals surface area contributed by atoms with E-state index in [2.05, 4.69) is 0 Å². The Morgan fingerprint density at radius 3 is 1.89 bits per heavy atom. The third-order valence-electron chi connectivity index (χ3n) is 4.17. The SMILES string of the molecule is O=C(CN1C(=O)CCC1=O)N1CCC(=C2CC2)CC1. The monoisotopic (exact) mass is 262 g/mol. The molecule has 3 rings (SSSR count). The molecule has 2 saturated heterocycles. The molecule has 2 heterocycles. The van der Waals surface area contributed by atoms with Gasteiger partial charge < -0.3 is 4.90 Å². The van der Waals surface area contributed by atoms with E-state index >= 15 is 0 Å². The second-order valence-electron chi connectivity index (χ2n) is 5.46. The van der Waals surface area contributed by atoms with Gasteiger partial charge in [-0.05, 0) is 25.7 Å². The van der Waals surface area contributed by atoms with E-state index in [9.17, 15) is 14.4 Å². The molecule has 0 N–H and O–H groups in total. The van der Waals surface area contributed by atoms with Crippen LogP contribution in [0.4, 0.5) is 0 Å². The number of amides is 3. The molecule has 0 atom stereocenters. The van der Waals surface area contributed by atoms with E-state index in [4.69, 9.17) is 0 Å². The van der Waals surface area contributed by atoms with E-state index in [1.807, 2.05) is 0 Å². The number of imide groups is 1. The summed E-state index contributed by atoms with van der Waals surface area (Å²) < 4.78 is 0. The van der Waals surface area contributed by atoms with Gasteiger partial charge in [0.15, 0.2) is 0 Å². The molecule has 1 aliphatic carbocycles. The average Bonchev–Trinajstić information content (AvgIpc) is 3.22. The molecule has 0 spiro atoms. The maximum atomic E-state index is 12.1. The molecule has 2 aliphatic heterocycles. The smallest absolute Gasteiger partial charge is 0.242 e. The number of rotatable bonds is 2. The number of nitrogens with zero attached hydrogens (tertiary/aromatic N) is 2. The number of likely N-dealkylation sites (tertiary alicyclic amines) is 2. The summed E-state index contributed by atoms with van der Waals surface area (Å²) in [7, 11) is 0. The second kappa shape index (κ2) is 4.79. The predicted molar refractivity (Wildman–Crippen MR) is 68.0 cm³/mol. The minimum absolute atomic E-state index is 0.0659. The maximum absolute atomic E-state index is 12.1. The molecule has 0 aromatic rings. The lowest BCUT2D eigenvalue weighted by atomic mass is 10.0. The summed E-state index contributed by atoms with van der Waals surface area (Å²) in [5, 5.41) is 0. The summed E-state index contributed by atoms with van der Waals surface area (Å²) in [6, 6.07) is 0. The fraction of sp³-hybridized carbons (Fsp3) is 0.643. The van der Waals surface area contributed by atoms with E-state index < -0.39 is 0 Å². The van der Waals surface area contributed by atoms with Crippen LogP contribution in [-0.4, -0.2) is 47.2 Å². The van der Waals surface area contributed by atoms with E-state index in [-0.39, 0.29) is 37.1 Å². The Hall–Kier alpha value is -1.65. The van der Waals surface area contributed by atoms with Gasteiger partial charge in [0, 0.05) is 25.9 Å². The lowest BCUT2D eigenvalue weighted by Crippen LogP contribution is -2.44. The van der Waals surface area contributed by atoms with E-state index in [1.165, 1.54) is 18.4 Å². The molecular formula is C14H18N2O3. The van der Waals surface area contributed by atoms with E-state index in [1.54, 1.807) is 10.5 Å². The van der Waals surface area contributed by atoms with E-state index in [0.29, 0.717) is 0 Å². The maximum Gasteiger partial charge on any atom is 0.242 e. The molecule has 0 radical (unpaired) electrons. The fourth-order valence-corrected chi connectivity index (χ4v) is 2.83. The van der Waals surface area contributed by atoms with Gasteiger partial charge in [-0.15, -0.1) is 0 Å². The van der Waals surface area contributed by atoms with Crippen LogP contribution in [0.25, 0.3) is 0 Å². The van der Waals surface area contributed by atoms with Crippen molar-refractivity contribution in [2.24, 2.45) is 0 Å². The number of hydrogen-bond donors (Lipinski definition) is 0. The first-order valence-electron chi connectivity index (χ1n) is 6.96. The minimum atomic E-state index is -0.212. The van der Waals surface area contributed by atoms with Crippen LogP contribution in [0.5, 0.6) is 0 Å². The van der Waals surface area contributed by atoms with Gasteiger partial charge in [-0.1, -0.05) is 11.1 Å². The van der Waals surface area contributed by atoms with Crippen LogP contribution < -0.4 is 0 Å². The first-order chi connectivity index (χ1) is 9.15. The van der Waals surface area contributed by atoms with Gasteiger partial charge >= 0.3 is 0 Å². The molecule has 1 saturated carbocycles. The zero-order valence-corrected chi connectivity index (χ0v) is 11.0. The standard InChI is InChI=1S/C14H18N2O3/c17-12-3-4-13(18)16(12)9-14(19)15-7-5-11(6-8-15)10-1-2-10/h1-9H2. The third kappa shape index (κ3) is 2.55. The van der Waals surface area contributed by atoms with Gasteiger partial charge in [-0.2, -0.15) is 0 Å². The van der Waals surface area contributed by atoms with Crippen LogP contribution in [0.3, 0.4) is 0 Å². The zero-order valence-electron chi connectivity index (χ0n) is 11.0. The summed E-state index contributed by atoms with van der Waals surface area (Å²) in [5.74, 6) is -0.518. The number of piperidine rings is 1. The third-order valence-corrected chi connectivity index (χ3v) is 4.17.